The number of ether oxygens (including phenoxy) is 9. The van der Waals surface area contributed by atoms with Crippen molar-refractivity contribution >= 4 is 23.8 Å². The summed E-state index contributed by atoms with van der Waals surface area (Å²) in [6.45, 7) is 25.7. The number of nitrogens with one attached hydrogen (secondary N) is 1. The molecule has 19 nitrogen and oxygen atoms in total. The summed E-state index contributed by atoms with van der Waals surface area (Å²) in [4.78, 5) is 59.0. The zero-order valence-corrected chi connectivity index (χ0v) is 44.1. The Hall–Kier alpha value is -2.56. The Morgan fingerprint density at radius 3 is 2.06 bits per heavy atom. The second kappa shape index (κ2) is 26.2. The number of aliphatic hydroxyl groups excluding tert-OH is 1. The van der Waals surface area contributed by atoms with Gasteiger partial charge in [-0.05, 0) is 107 Å². The number of likely N-dealkylation sites (N-methyl/N-ethyl adjacent to an activating group) is 1. The lowest BCUT2D eigenvalue weighted by Gasteiger charge is -2.50. The molecule has 3 saturated heterocycles. The second-order valence-corrected chi connectivity index (χ2v) is 20.2. The lowest BCUT2D eigenvalue weighted by atomic mass is 9.77. The minimum atomic E-state index is -2.00. The number of rotatable bonds is 18. The highest BCUT2D eigenvalue weighted by Crippen LogP contribution is 2.42. The Morgan fingerprint density at radius 2 is 1.50 bits per heavy atom. The molecule has 1 amide bonds. The summed E-state index contributed by atoms with van der Waals surface area (Å²) in [5.41, 5.74) is 1.45. The van der Waals surface area contributed by atoms with Crippen LogP contribution in [0.25, 0.3) is 0 Å². The van der Waals surface area contributed by atoms with Gasteiger partial charge in [-0.25, -0.2) is 0 Å². The van der Waals surface area contributed by atoms with E-state index in [1.165, 1.54) is 28.1 Å². The molecule has 0 aromatic heterocycles. The zero-order valence-electron chi connectivity index (χ0n) is 44.1. The maximum atomic E-state index is 14.7. The number of cyclic esters (lactones) is 1. The lowest BCUT2D eigenvalue weighted by molar-refractivity contribution is -0.321. The Labute approximate surface area is 406 Å². The Balaban J connectivity index is 2.24. The quantitative estimate of drug-likeness (QED) is 0.114. The van der Waals surface area contributed by atoms with E-state index in [2.05, 4.69) is 15.1 Å². The molecule has 0 spiro atoms. The molecule has 68 heavy (non-hydrogen) atoms. The van der Waals surface area contributed by atoms with Crippen LogP contribution in [0.15, 0.2) is 0 Å². The minimum absolute atomic E-state index is 0.0487. The molecule has 0 aromatic rings. The molecule has 0 radical (unpaired) electrons. The van der Waals surface area contributed by atoms with Crippen LogP contribution in [-0.4, -0.2) is 188 Å². The van der Waals surface area contributed by atoms with Gasteiger partial charge < -0.3 is 68.8 Å². The molecule has 3 fully saturated rings. The summed E-state index contributed by atoms with van der Waals surface area (Å²) in [7, 11) is 4.97. The van der Waals surface area contributed by atoms with Gasteiger partial charge in [0.1, 0.15) is 23.4 Å². The third-order valence-electron chi connectivity index (χ3n) is 14.8. The first-order chi connectivity index (χ1) is 31.8. The van der Waals surface area contributed by atoms with Gasteiger partial charge in [0, 0.05) is 45.9 Å². The summed E-state index contributed by atoms with van der Waals surface area (Å²) in [5.74, 6) is -4.82. The SMILES string of the molecule is CC[C@H]1OC(=O)[C@H](C)[C@@H](O[C@H]2C[C@@](C)(OC)[C@@H](OC(=O)CCN(CC)CC)[C@H](C)O2)[C@H](C)[C@@H](O[C@@H]2O[C@H](C)C[C@H](N(C)CCCN)[C@H]2OC(C)=O)[C@](C)(OC)C[C@@H](C)C(=O)N[C@H](C)[C@@H](O)[C@]1(C)O. The van der Waals surface area contributed by atoms with Crippen molar-refractivity contribution in [1.29, 1.82) is 0 Å². The van der Waals surface area contributed by atoms with Crippen molar-refractivity contribution < 1.29 is 72.0 Å². The molecule has 0 bridgehead atoms. The first-order valence-corrected chi connectivity index (χ1v) is 24.9. The summed E-state index contributed by atoms with van der Waals surface area (Å²) < 4.78 is 58.0. The van der Waals surface area contributed by atoms with E-state index in [4.69, 9.17) is 48.4 Å². The first kappa shape index (κ1) is 59.7. The largest absolute Gasteiger partial charge is 0.459 e. The Bertz CT molecular complexity index is 1610. The first-order valence-electron chi connectivity index (χ1n) is 24.9. The van der Waals surface area contributed by atoms with Gasteiger partial charge in [-0.1, -0.05) is 34.6 Å². The Kier molecular flexibility index (Phi) is 23.0. The van der Waals surface area contributed by atoms with E-state index < -0.39 is 120 Å². The van der Waals surface area contributed by atoms with Gasteiger partial charge in [0.25, 0.3) is 0 Å². The molecule has 0 aliphatic carbocycles. The van der Waals surface area contributed by atoms with E-state index in [1.54, 1.807) is 41.5 Å². The van der Waals surface area contributed by atoms with Gasteiger partial charge in [-0.15, -0.1) is 0 Å². The molecule has 396 valence electrons. The number of nitrogens with two attached hydrogens (primary N) is 1. The van der Waals surface area contributed by atoms with Crippen LogP contribution in [0.4, 0.5) is 0 Å². The van der Waals surface area contributed by atoms with Crippen LogP contribution in [0.1, 0.15) is 129 Å². The number of esters is 3. The molecule has 3 aliphatic rings. The molecule has 0 aromatic carbocycles. The summed E-state index contributed by atoms with van der Waals surface area (Å²) >= 11 is 0. The van der Waals surface area contributed by atoms with Crippen LogP contribution in [-0.2, 0) is 61.8 Å². The van der Waals surface area contributed by atoms with Gasteiger partial charge >= 0.3 is 17.9 Å². The maximum Gasteiger partial charge on any atom is 0.311 e. The monoisotopic (exact) mass is 975 g/mol. The molecular weight excluding hydrogens is 885 g/mol. The summed E-state index contributed by atoms with van der Waals surface area (Å²) in [6.07, 6.45) is -8.36. The molecule has 18 atom stereocenters. The third kappa shape index (κ3) is 15.0. The van der Waals surface area contributed by atoms with Gasteiger partial charge in [0.2, 0.25) is 5.91 Å². The van der Waals surface area contributed by atoms with Crippen LogP contribution in [0, 0.1) is 17.8 Å². The highest BCUT2D eigenvalue weighted by molar-refractivity contribution is 5.78. The van der Waals surface area contributed by atoms with Crippen molar-refractivity contribution in [3.63, 3.8) is 0 Å². The zero-order chi connectivity index (χ0) is 51.5. The van der Waals surface area contributed by atoms with Gasteiger partial charge in [-0.2, -0.15) is 0 Å². The predicted molar refractivity (Wildman–Crippen MR) is 253 cm³/mol. The smallest absolute Gasteiger partial charge is 0.311 e. The van der Waals surface area contributed by atoms with Crippen LogP contribution in [0.3, 0.4) is 0 Å². The number of hydrogen-bond donors (Lipinski definition) is 4. The van der Waals surface area contributed by atoms with Crippen molar-refractivity contribution in [2.75, 3.05) is 54.0 Å². The molecule has 3 heterocycles. The van der Waals surface area contributed by atoms with Crippen LogP contribution in [0.2, 0.25) is 0 Å². The molecular formula is C49H90N4O15. The third-order valence-corrected chi connectivity index (χ3v) is 14.8. The van der Waals surface area contributed by atoms with Crippen LogP contribution < -0.4 is 11.1 Å². The normalized spacial score (nSPS) is 40.2. The van der Waals surface area contributed by atoms with Crippen molar-refractivity contribution in [1.82, 2.24) is 15.1 Å². The van der Waals surface area contributed by atoms with Crippen molar-refractivity contribution in [3.05, 3.63) is 0 Å². The standard InChI is InChI=1S/C49H90N4O15/c1-17-36-49(13,59)41(56)32(8)51-44(57)28(4)26-47(11,60-15)42(68-46-40(64-34(10)54)35(25-29(5)62-46)52(14)23-20-22-50)30(6)39(31(7)45(58)65-36)67-38-27-48(12,61-16)43(33(9)63-38)66-37(55)21-24-53(18-2)19-3/h28-33,35-36,38-43,46,56,59H,17-27,50H2,1-16H3,(H,51,57)/t28-,29-,30+,31-,32-,33+,35+,36-,38+,39+,40-,41-,42-,43+,46+,47-,48-,49-/m1/s1. The molecule has 3 aliphatic heterocycles. The van der Waals surface area contributed by atoms with E-state index in [9.17, 15) is 29.4 Å². The average molecular weight is 975 g/mol. The van der Waals surface area contributed by atoms with E-state index >= 15 is 0 Å². The fourth-order valence-corrected chi connectivity index (χ4v) is 10.4. The highest BCUT2D eigenvalue weighted by Gasteiger charge is 2.55. The number of hydrogen-bond acceptors (Lipinski definition) is 18. The van der Waals surface area contributed by atoms with E-state index in [0.29, 0.717) is 32.5 Å². The van der Waals surface area contributed by atoms with Gasteiger partial charge in [0.15, 0.2) is 24.8 Å². The van der Waals surface area contributed by atoms with E-state index in [1.807, 2.05) is 41.7 Å². The topological polar surface area (TPSA) is 236 Å². The Morgan fingerprint density at radius 1 is 0.882 bits per heavy atom. The van der Waals surface area contributed by atoms with Crippen molar-refractivity contribution in [2.45, 2.75) is 219 Å². The van der Waals surface area contributed by atoms with Crippen molar-refractivity contribution in [2.24, 2.45) is 23.5 Å². The number of carbonyl (C=O) groups excluding carboxylic acids is 4. The maximum absolute atomic E-state index is 14.7. The van der Waals surface area contributed by atoms with E-state index in [0.717, 1.165) is 13.1 Å². The molecule has 0 saturated carbocycles. The van der Waals surface area contributed by atoms with Crippen molar-refractivity contribution in [3.8, 4) is 0 Å². The fourth-order valence-electron chi connectivity index (χ4n) is 10.4. The average Bonchev–Trinajstić information content (AvgIpc) is 3.28. The number of aliphatic hydroxyl groups is 2. The van der Waals surface area contributed by atoms with Crippen LogP contribution >= 0.6 is 0 Å². The lowest BCUT2D eigenvalue weighted by Crippen LogP contribution is -2.62. The molecule has 0 unspecified atom stereocenters. The number of nitrogens with zero attached hydrogens (tertiary/aromatic N) is 2. The minimum Gasteiger partial charge on any atom is -0.459 e. The number of amides is 1. The van der Waals surface area contributed by atoms with Crippen LogP contribution in [0.5, 0.6) is 0 Å². The molecule has 5 N–H and O–H groups in total. The highest BCUT2D eigenvalue weighted by atomic mass is 16.7. The fraction of sp³-hybridized carbons (Fsp3) is 0.918. The number of methoxy groups -OCH3 is 2. The second-order valence-electron chi connectivity index (χ2n) is 20.2. The van der Waals surface area contributed by atoms with E-state index in [-0.39, 0.29) is 37.8 Å². The summed E-state index contributed by atoms with van der Waals surface area (Å²) in [6, 6.07) is -1.31. The predicted octanol–water partition coefficient (Wildman–Crippen LogP) is 3.31. The van der Waals surface area contributed by atoms with Gasteiger partial charge in [0.05, 0.1) is 54.4 Å². The number of carbonyl (C=O) groups is 4. The summed E-state index contributed by atoms with van der Waals surface area (Å²) in [5, 5.41) is 26.2. The molecule has 3 rings (SSSR count). The molecule has 19 heteroatoms. The van der Waals surface area contributed by atoms with Gasteiger partial charge in [-0.3, -0.25) is 24.1 Å².